The Balaban J connectivity index is -0.000000195. The van der Waals surface area contributed by atoms with Gasteiger partial charge >= 0.3 is 8.25 Å². The van der Waals surface area contributed by atoms with E-state index in [1.165, 1.54) is 36.8 Å². The molecule has 0 heterocycles. The van der Waals surface area contributed by atoms with Crippen LogP contribution in [0, 0.1) is 13.8 Å². The van der Waals surface area contributed by atoms with Crippen molar-refractivity contribution in [3.05, 3.63) is 35.4 Å². The summed E-state index contributed by atoms with van der Waals surface area (Å²) in [7, 11) is -2.87. The molecule has 0 spiro atoms. The maximum Gasteiger partial charge on any atom is 0.692 e. The van der Waals surface area contributed by atoms with Crippen LogP contribution < -0.4 is 12.3 Å². The highest BCUT2D eigenvalue weighted by molar-refractivity contribution is 7.30. The third-order valence-corrected chi connectivity index (χ3v) is 2.22. The summed E-state index contributed by atoms with van der Waals surface area (Å²) in [6.07, 6.45) is 6.00. The Morgan fingerprint density at radius 1 is 0.833 bits per heavy atom. The molecule has 1 aliphatic carbocycles. The molecule has 106 valence electrons. The Labute approximate surface area is 110 Å². The van der Waals surface area contributed by atoms with Gasteiger partial charge in [-0.05, 0) is 13.8 Å². The largest absolute Gasteiger partial charge is 0.692 e. The molecule has 6 heteroatoms. The van der Waals surface area contributed by atoms with E-state index in [4.69, 9.17) is 14.4 Å². The van der Waals surface area contributed by atoms with Crippen molar-refractivity contribution in [2.24, 2.45) is 0 Å². The van der Waals surface area contributed by atoms with E-state index in [0.29, 0.717) is 0 Å². The third-order valence-electron chi connectivity index (χ3n) is 2.22. The zero-order valence-corrected chi connectivity index (χ0v) is 12.2. The standard InChI is InChI=1S/C8H10.C4H8.2H3N.HO3P/c1-7-3-5-8(2)6-4-7;1-2-4-3-1;;;1-4(2)3/h3-6H,1-2H3;1-4H2;2*1H3;(H-,1,2,3)/p+1. The molecule has 1 saturated carbocycles. The maximum absolute atomic E-state index is 8.70. The van der Waals surface area contributed by atoms with Crippen LogP contribution in [-0.4, -0.2) is 9.79 Å². The van der Waals surface area contributed by atoms with E-state index in [9.17, 15) is 0 Å². The predicted octanol–water partition coefficient (Wildman–Crippen LogP) is 3.82. The summed E-state index contributed by atoms with van der Waals surface area (Å²) >= 11 is 0. The first-order chi connectivity index (χ1) is 7.52. The van der Waals surface area contributed by atoms with E-state index in [2.05, 4.69) is 38.1 Å². The van der Waals surface area contributed by atoms with Gasteiger partial charge in [-0.25, -0.2) is 0 Å². The van der Waals surface area contributed by atoms with Gasteiger partial charge in [-0.2, -0.15) is 0 Å². The van der Waals surface area contributed by atoms with Crippen LogP contribution in [0.4, 0.5) is 0 Å². The van der Waals surface area contributed by atoms with Crippen LogP contribution in [-0.2, 0) is 4.57 Å². The summed E-state index contributed by atoms with van der Waals surface area (Å²) < 4.78 is 8.70. The molecule has 0 amide bonds. The van der Waals surface area contributed by atoms with Crippen LogP contribution in [0.2, 0.25) is 0 Å². The smallest absolute Gasteiger partial charge is 0.344 e. The normalized spacial score (nSPS) is 10.9. The molecule has 0 radical (unpaired) electrons. The summed E-state index contributed by atoms with van der Waals surface area (Å²) in [6.45, 7) is 4.19. The Bertz CT molecular complexity index is 272. The summed E-state index contributed by atoms with van der Waals surface area (Å²) in [5, 5.41) is 0. The summed E-state index contributed by atoms with van der Waals surface area (Å²) in [5.41, 5.74) is 2.66. The second kappa shape index (κ2) is 14.2. The molecular formula is C12H26N2O3P+. The molecular weight excluding hydrogens is 251 g/mol. The third kappa shape index (κ3) is 17.6. The van der Waals surface area contributed by atoms with Crippen LogP contribution in [0.15, 0.2) is 24.3 Å². The summed E-state index contributed by atoms with van der Waals surface area (Å²) in [5.74, 6) is 0. The van der Waals surface area contributed by atoms with Crippen molar-refractivity contribution < 1.29 is 14.4 Å². The lowest BCUT2D eigenvalue weighted by atomic mass is 10.0. The van der Waals surface area contributed by atoms with Crippen LogP contribution in [0.5, 0.6) is 0 Å². The zero-order valence-electron chi connectivity index (χ0n) is 11.3. The number of aryl methyl sites for hydroxylation is 2. The van der Waals surface area contributed by atoms with Crippen LogP contribution in [0.25, 0.3) is 0 Å². The molecule has 0 bridgehead atoms. The summed E-state index contributed by atoms with van der Waals surface area (Å²) in [4.78, 5) is 14.2. The number of rotatable bonds is 0. The summed E-state index contributed by atoms with van der Waals surface area (Å²) in [6, 6.07) is 8.48. The lowest BCUT2D eigenvalue weighted by molar-refractivity contribution is 0.405. The Kier molecular flexibility index (Phi) is 17.7. The highest BCUT2D eigenvalue weighted by Crippen LogP contribution is 2.15. The second-order valence-electron chi connectivity index (χ2n) is 3.82. The molecule has 0 aromatic heterocycles. The molecule has 8 N–H and O–H groups in total. The molecule has 2 rings (SSSR count). The van der Waals surface area contributed by atoms with Crippen LogP contribution >= 0.6 is 8.25 Å². The molecule has 0 atom stereocenters. The van der Waals surface area contributed by atoms with Gasteiger partial charge in [0.2, 0.25) is 0 Å². The Morgan fingerprint density at radius 2 is 1.00 bits per heavy atom. The molecule has 0 unspecified atom stereocenters. The quantitative estimate of drug-likeness (QED) is 0.536. The van der Waals surface area contributed by atoms with E-state index in [1.807, 2.05) is 0 Å². The van der Waals surface area contributed by atoms with E-state index < -0.39 is 8.25 Å². The van der Waals surface area contributed by atoms with Crippen LogP contribution in [0.1, 0.15) is 36.8 Å². The molecule has 0 aliphatic heterocycles. The van der Waals surface area contributed by atoms with Crippen molar-refractivity contribution in [1.29, 1.82) is 0 Å². The highest BCUT2D eigenvalue weighted by Gasteiger charge is 1.95. The topological polar surface area (TPSA) is 128 Å². The Morgan fingerprint density at radius 3 is 1.11 bits per heavy atom. The van der Waals surface area contributed by atoms with Crippen molar-refractivity contribution in [3.63, 3.8) is 0 Å². The predicted molar refractivity (Wildman–Crippen MR) is 76.5 cm³/mol. The Hall–Kier alpha value is -0.840. The van der Waals surface area contributed by atoms with Gasteiger partial charge in [0.05, 0.1) is 0 Å². The fourth-order valence-electron chi connectivity index (χ4n) is 0.887. The van der Waals surface area contributed by atoms with Gasteiger partial charge in [-0.15, -0.1) is 9.79 Å². The zero-order chi connectivity index (χ0) is 12.4. The van der Waals surface area contributed by atoms with E-state index in [0.717, 1.165) is 0 Å². The van der Waals surface area contributed by atoms with Gasteiger partial charge in [-0.3, -0.25) is 0 Å². The first kappa shape index (κ1) is 22.3. The number of hydrogen-bond donors (Lipinski definition) is 4. The molecule has 5 nitrogen and oxygen atoms in total. The van der Waals surface area contributed by atoms with E-state index in [-0.39, 0.29) is 12.3 Å². The van der Waals surface area contributed by atoms with Crippen molar-refractivity contribution in [3.8, 4) is 0 Å². The van der Waals surface area contributed by atoms with E-state index >= 15 is 0 Å². The van der Waals surface area contributed by atoms with Gasteiger partial charge in [-0.1, -0.05) is 61.1 Å². The fourth-order valence-corrected chi connectivity index (χ4v) is 0.887. The minimum Gasteiger partial charge on any atom is -0.344 e. The van der Waals surface area contributed by atoms with Crippen molar-refractivity contribution in [2.45, 2.75) is 39.5 Å². The van der Waals surface area contributed by atoms with Gasteiger partial charge in [0.15, 0.2) is 0 Å². The SMILES string of the molecule is C1CCC1.Cc1ccc(C)cc1.N.N.O=[P+](O)O. The first-order valence-corrected chi connectivity index (χ1v) is 6.57. The van der Waals surface area contributed by atoms with Gasteiger partial charge in [0.1, 0.15) is 0 Å². The minimum atomic E-state index is -2.87. The van der Waals surface area contributed by atoms with Crippen molar-refractivity contribution in [2.75, 3.05) is 0 Å². The molecule has 0 saturated heterocycles. The number of hydrogen-bond acceptors (Lipinski definition) is 3. The highest BCUT2D eigenvalue weighted by atomic mass is 31.1. The number of benzene rings is 1. The second-order valence-corrected chi connectivity index (χ2v) is 4.33. The lowest BCUT2D eigenvalue weighted by Gasteiger charge is -2.05. The van der Waals surface area contributed by atoms with Crippen molar-refractivity contribution in [1.82, 2.24) is 12.3 Å². The van der Waals surface area contributed by atoms with Gasteiger partial charge in [0.25, 0.3) is 0 Å². The minimum absolute atomic E-state index is 0. The molecule has 1 fully saturated rings. The van der Waals surface area contributed by atoms with Gasteiger partial charge in [0, 0.05) is 4.57 Å². The molecule has 1 aromatic carbocycles. The molecule has 1 aromatic rings. The molecule has 18 heavy (non-hydrogen) atoms. The van der Waals surface area contributed by atoms with Crippen molar-refractivity contribution >= 4 is 8.25 Å². The van der Waals surface area contributed by atoms with Crippen LogP contribution in [0.3, 0.4) is 0 Å². The van der Waals surface area contributed by atoms with Gasteiger partial charge < -0.3 is 12.3 Å². The van der Waals surface area contributed by atoms with E-state index in [1.54, 1.807) is 0 Å². The fraction of sp³-hybridized carbons (Fsp3) is 0.500. The maximum atomic E-state index is 8.70. The average Bonchev–Trinajstić information content (AvgIpc) is 2.06. The average molecular weight is 277 g/mol. The monoisotopic (exact) mass is 277 g/mol. The lowest BCUT2D eigenvalue weighted by Crippen LogP contribution is -1.85. The molecule has 1 aliphatic rings. The first-order valence-electron chi connectivity index (χ1n) is 5.40.